The molecule has 2 aliphatic heterocycles. The summed E-state index contributed by atoms with van der Waals surface area (Å²) in [5.74, 6) is 1.73. The standard InChI is InChI=1S/C15H22N2O2/c1-15(2)9-11(16-3)10-17(15)12-4-5-13-14(8-12)19-7-6-18-13/h4-5,8,11,16H,6-7,9-10H2,1-3H3. The lowest BCUT2D eigenvalue weighted by Crippen LogP contribution is -2.38. The molecular formula is C15H22N2O2. The van der Waals surface area contributed by atoms with Gasteiger partial charge in [-0.2, -0.15) is 0 Å². The van der Waals surface area contributed by atoms with E-state index in [2.05, 4.69) is 36.2 Å². The molecule has 1 N–H and O–H groups in total. The highest BCUT2D eigenvalue weighted by molar-refractivity contribution is 5.59. The predicted molar refractivity (Wildman–Crippen MR) is 76.3 cm³/mol. The van der Waals surface area contributed by atoms with Crippen LogP contribution < -0.4 is 19.7 Å². The number of fused-ring (bicyclic) bond motifs is 1. The van der Waals surface area contributed by atoms with Crippen molar-refractivity contribution in [3.05, 3.63) is 18.2 Å². The highest BCUT2D eigenvalue weighted by Crippen LogP contribution is 2.39. The molecule has 2 heterocycles. The summed E-state index contributed by atoms with van der Waals surface area (Å²) in [7, 11) is 2.04. The summed E-state index contributed by atoms with van der Waals surface area (Å²) in [6.07, 6.45) is 1.15. The van der Waals surface area contributed by atoms with Gasteiger partial charge in [0, 0.05) is 29.9 Å². The van der Waals surface area contributed by atoms with E-state index in [9.17, 15) is 0 Å². The van der Waals surface area contributed by atoms with Crippen molar-refractivity contribution in [3.8, 4) is 11.5 Å². The number of nitrogens with one attached hydrogen (secondary N) is 1. The summed E-state index contributed by atoms with van der Waals surface area (Å²) in [5.41, 5.74) is 1.38. The first-order chi connectivity index (χ1) is 9.10. The topological polar surface area (TPSA) is 33.7 Å². The molecule has 1 fully saturated rings. The number of likely N-dealkylation sites (N-methyl/N-ethyl adjacent to an activating group) is 1. The van der Waals surface area contributed by atoms with Crippen LogP contribution in [0.2, 0.25) is 0 Å². The van der Waals surface area contributed by atoms with Crippen molar-refractivity contribution in [3.63, 3.8) is 0 Å². The van der Waals surface area contributed by atoms with Gasteiger partial charge in [0.05, 0.1) is 0 Å². The van der Waals surface area contributed by atoms with E-state index in [0.717, 1.165) is 24.5 Å². The molecule has 104 valence electrons. The first-order valence-corrected chi connectivity index (χ1v) is 6.95. The van der Waals surface area contributed by atoms with Crippen molar-refractivity contribution in [2.24, 2.45) is 0 Å². The van der Waals surface area contributed by atoms with Crippen LogP contribution in [-0.2, 0) is 0 Å². The van der Waals surface area contributed by atoms with Crippen molar-refractivity contribution in [1.82, 2.24) is 5.32 Å². The minimum absolute atomic E-state index is 0.164. The van der Waals surface area contributed by atoms with E-state index < -0.39 is 0 Å². The molecule has 1 saturated heterocycles. The lowest BCUT2D eigenvalue weighted by molar-refractivity contribution is 0.171. The lowest BCUT2D eigenvalue weighted by Gasteiger charge is -2.34. The van der Waals surface area contributed by atoms with Gasteiger partial charge in [-0.05, 0) is 39.4 Å². The van der Waals surface area contributed by atoms with Crippen molar-refractivity contribution in [2.75, 3.05) is 31.7 Å². The molecule has 4 nitrogen and oxygen atoms in total. The molecule has 1 aromatic carbocycles. The smallest absolute Gasteiger partial charge is 0.163 e. The fourth-order valence-corrected chi connectivity index (χ4v) is 3.09. The Hall–Kier alpha value is -1.42. The molecule has 4 heteroatoms. The molecule has 19 heavy (non-hydrogen) atoms. The summed E-state index contributed by atoms with van der Waals surface area (Å²) in [5, 5.41) is 3.38. The van der Waals surface area contributed by atoms with Crippen LogP contribution in [0.25, 0.3) is 0 Å². The SMILES string of the molecule is CNC1CN(c2ccc3c(c2)OCCO3)C(C)(C)C1. The molecule has 0 aliphatic carbocycles. The molecule has 0 radical (unpaired) electrons. The van der Waals surface area contributed by atoms with Gasteiger partial charge >= 0.3 is 0 Å². The van der Waals surface area contributed by atoms with Crippen LogP contribution >= 0.6 is 0 Å². The van der Waals surface area contributed by atoms with Gasteiger partial charge in [-0.15, -0.1) is 0 Å². The summed E-state index contributed by atoms with van der Waals surface area (Å²) >= 11 is 0. The number of ether oxygens (including phenoxy) is 2. The Kier molecular flexibility index (Phi) is 3.05. The van der Waals surface area contributed by atoms with Gasteiger partial charge in [-0.1, -0.05) is 0 Å². The molecule has 0 spiro atoms. The molecule has 0 amide bonds. The quantitative estimate of drug-likeness (QED) is 0.884. The number of hydrogen-bond acceptors (Lipinski definition) is 4. The Bertz CT molecular complexity index is 473. The lowest BCUT2D eigenvalue weighted by atomic mass is 10.00. The van der Waals surface area contributed by atoms with Crippen molar-refractivity contribution in [2.45, 2.75) is 31.8 Å². The molecule has 0 bridgehead atoms. The Labute approximate surface area is 114 Å². The minimum atomic E-state index is 0.164. The number of hydrogen-bond donors (Lipinski definition) is 1. The third-order valence-corrected chi connectivity index (χ3v) is 4.13. The molecular weight excluding hydrogens is 240 g/mol. The van der Waals surface area contributed by atoms with Gasteiger partial charge < -0.3 is 19.7 Å². The second-order valence-electron chi connectivity index (χ2n) is 5.94. The van der Waals surface area contributed by atoms with E-state index in [1.54, 1.807) is 0 Å². The van der Waals surface area contributed by atoms with Gasteiger partial charge in [-0.3, -0.25) is 0 Å². The highest BCUT2D eigenvalue weighted by atomic mass is 16.6. The van der Waals surface area contributed by atoms with E-state index in [0.29, 0.717) is 19.3 Å². The second-order valence-corrected chi connectivity index (χ2v) is 5.94. The summed E-state index contributed by atoms with van der Waals surface area (Å²) in [6, 6.07) is 6.80. The zero-order chi connectivity index (χ0) is 13.5. The first-order valence-electron chi connectivity index (χ1n) is 6.95. The monoisotopic (exact) mass is 262 g/mol. The van der Waals surface area contributed by atoms with Gasteiger partial charge in [0.15, 0.2) is 11.5 Å². The van der Waals surface area contributed by atoms with Gasteiger partial charge in [-0.25, -0.2) is 0 Å². The zero-order valence-corrected chi connectivity index (χ0v) is 11.9. The van der Waals surface area contributed by atoms with Crippen molar-refractivity contribution in [1.29, 1.82) is 0 Å². The van der Waals surface area contributed by atoms with E-state index in [1.807, 2.05) is 13.1 Å². The number of nitrogens with zero attached hydrogens (tertiary/aromatic N) is 1. The fourth-order valence-electron chi connectivity index (χ4n) is 3.09. The Morgan fingerprint density at radius 2 is 1.95 bits per heavy atom. The Balaban J connectivity index is 1.89. The summed E-state index contributed by atoms with van der Waals surface area (Å²) < 4.78 is 11.3. The summed E-state index contributed by atoms with van der Waals surface area (Å²) in [6.45, 7) is 6.90. The molecule has 3 rings (SSSR count). The van der Waals surface area contributed by atoms with Crippen LogP contribution in [0.4, 0.5) is 5.69 Å². The number of rotatable bonds is 2. The number of anilines is 1. The van der Waals surface area contributed by atoms with E-state index in [4.69, 9.17) is 9.47 Å². The maximum absolute atomic E-state index is 5.68. The van der Waals surface area contributed by atoms with Crippen molar-refractivity contribution >= 4 is 5.69 Å². The molecule has 1 unspecified atom stereocenters. The second kappa shape index (κ2) is 4.60. The maximum atomic E-state index is 5.68. The first kappa shape index (κ1) is 12.6. The van der Waals surface area contributed by atoms with Crippen LogP contribution in [0, 0.1) is 0 Å². The largest absolute Gasteiger partial charge is 0.486 e. The third kappa shape index (κ3) is 2.25. The van der Waals surface area contributed by atoms with Crippen molar-refractivity contribution < 1.29 is 9.47 Å². The van der Waals surface area contributed by atoms with Crippen LogP contribution in [0.3, 0.4) is 0 Å². The molecule has 0 aromatic heterocycles. The van der Waals surface area contributed by atoms with Crippen LogP contribution in [0.5, 0.6) is 11.5 Å². The zero-order valence-electron chi connectivity index (χ0n) is 11.9. The summed E-state index contributed by atoms with van der Waals surface area (Å²) in [4.78, 5) is 2.45. The van der Waals surface area contributed by atoms with E-state index in [1.165, 1.54) is 5.69 Å². The van der Waals surface area contributed by atoms with Crippen LogP contribution in [0.15, 0.2) is 18.2 Å². The highest BCUT2D eigenvalue weighted by Gasteiger charge is 2.38. The number of benzene rings is 1. The molecule has 1 atom stereocenters. The van der Waals surface area contributed by atoms with Gasteiger partial charge in [0.25, 0.3) is 0 Å². The minimum Gasteiger partial charge on any atom is -0.486 e. The average molecular weight is 262 g/mol. The van der Waals surface area contributed by atoms with Gasteiger partial charge in [0.1, 0.15) is 13.2 Å². The van der Waals surface area contributed by atoms with E-state index >= 15 is 0 Å². The fraction of sp³-hybridized carbons (Fsp3) is 0.600. The van der Waals surface area contributed by atoms with Crippen LogP contribution in [0.1, 0.15) is 20.3 Å². The Morgan fingerprint density at radius 1 is 1.21 bits per heavy atom. The third-order valence-electron chi connectivity index (χ3n) is 4.13. The predicted octanol–water partition coefficient (Wildman–Crippen LogP) is 2.03. The Morgan fingerprint density at radius 3 is 2.63 bits per heavy atom. The maximum Gasteiger partial charge on any atom is 0.163 e. The molecule has 0 saturated carbocycles. The molecule has 1 aromatic rings. The average Bonchev–Trinajstić information content (AvgIpc) is 2.73. The van der Waals surface area contributed by atoms with Crippen LogP contribution in [-0.4, -0.2) is 38.4 Å². The van der Waals surface area contributed by atoms with Gasteiger partial charge in [0.2, 0.25) is 0 Å². The van der Waals surface area contributed by atoms with E-state index in [-0.39, 0.29) is 5.54 Å². The normalized spacial score (nSPS) is 24.6. The molecule has 2 aliphatic rings.